The molecule has 0 radical (unpaired) electrons. The lowest BCUT2D eigenvalue weighted by molar-refractivity contribution is 0.0365. The number of carbonyl (C=O) groups excluding carboxylic acids is 1. The van der Waals surface area contributed by atoms with E-state index in [0.29, 0.717) is 31.6 Å². The van der Waals surface area contributed by atoms with Crippen molar-refractivity contribution in [2.45, 2.75) is 31.5 Å². The van der Waals surface area contributed by atoms with Gasteiger partial charge in [0.05, 0.1) is 35.1 Å². The number of nitrogens with one attached hydrogen (secondary N) is 1. The molecule has 0 aliphatic carbocycles. The maximum atomic E-state index is 13.1. The predicted molar refractivity (Wildman–Crippen MR) is 120 cm³/mol. The van der Waals surface area contributed by atoms with Crippen LogP contribution >= 0.6 is 0 Å². The molecule has 3 aromatic heterocycles. The SMILES string of the molecule is CCn1cc(C(=O)N[C@@]2(c3ccccc3)CCN(c3nccc4occc34)C[C@H]2O)cn1. The van der Waals surface area contributed by atoms with Gasteiger partial charge in [-0.2, -0.15) is 5.10 Å². The van der Waals surface area contributed by atoms with E-state index < -0.39 is 11.6 Å². The summed E-state index contributed by atoms with van der Waals surface area (Å²) in [5.41, 5.74) is 1.18. The minimum atomic E-state index is -0.923. The average Bonchev–Trinajstić information content (AvgIpc) is 3.50. The van der Waals surface area contributed by atoms with Gasteiger partial charge < -0.3 is 19.7 Å². The van der Waals surface area contributed by atoms with Crippen LogP contribution in [0.15, 0.2) is 71.7 Å². The van der Waals surface area contributed by atoms with Gasteiger partial charge in [-0.05, 0) is 31.0 Å². The topological polar surface area (TPSA) is 96.4 Å². The highest BCUT2D eigenvalue weighted by Gasteiger charge is 2.45. The number of aliphatic hydroxyl groups excluding tert-OH is 1. The molecule has 1 saturated heterocycles. The number of aryl methyl sites for hydroxylation is 1. The highest BCUT2D eigenvalue weighted by molar-refractivity contribution is 5.94. The second kappa shape index (κ2) is 8.12. The standard InChI is InChI=1S/C24H25N5O3/c1-2-29-15-17(14-26-29)23(31)27-24(18-6-4-3-5-7-18)10-12-28(16-21(24)30)22-19-9-13-32-20(19)8-11-25-22/h3-9,11,13-15,21,30H,2,10,12,16H2,1H3,(H,27,31)/t21-,24-/m1/s1. The molecule has 5 rings (SSSR count). The number of amides is 1. The number of pyridine rings is 1. The van der Waals surface area contributed by atoms with Crippen LogP contribution in [-0.4, -0.2) is 45.0 Å². The van der Waals surface area contributed by atoms with Crippen molar-refractivity contribution >= 4 is 22.7 Å². The minimum Gasteiger partial charge on any atom is -0.464 e. The summed E-state index contributed by atoms with van der Waals surface area (Å²) in [6.45, 7) is 3.58. The number of aliphatic hydroxyl groups is 1. The third-order valence-corrected chi connectivity index (χ3v) is 6.24. The van der Waals surface area contributed by atoms with Crippen molar-refractivity contribution in [2.75, 3.05) is 18.0 Å². The molecule has 1 fully saturated rings. The normalized spacial score (nSPS) is 21.1. The number of fused-ring (bicyclic) bond motifs is 1. The van der Waals surface area contributed by atoms with Gasteiger partial charge in [-0.3, -0.25) is 9.48 Å². The van der Waals surface area contributed by atoms with E-state index in [-0.39, 0.29) is 5.91 Å². The number of hydrogen-bond acceptors (Lipinski definition) is 6. The van der Waals surface area contributed by atoms with E-state index >= 15 is 0 Å². The Hall–Kier alpha value is -3.65. The first kappa shape index (κ1) is 20.3. The first-order valence-corrected chi connectivity index (χ1v) is 10.8. The Morgan fingerprint density at radius 2 is 2.12 bits per heavy atom. The second-order valence-corrected chi connectivity index (χ2v) is 8.05. The molecule has 32 heavy (non-hydrogen) atoms. The number of aromatic nitrogens is 3. The summed E-state index contributed by atoms with van der Waals surface area (Å²) < 4.78 is 7.21. The van der Waals surface area contributed by atoms with Crippen molar-refractivity contribution in [1.29, 1.82) is 0 Å². The second-order valence-electron chi connectivity index (χ2n) is 8.05. The lowest BCUT2D eigenvalue weighted by atomic mass is 9.78. The molecule has 164 valence electrons. The smallest absolute Gasteiger partial charge is 0.255 e. The van der Waals surface area contributed by atoms with E-state index in [1.807, 2.05) is 54.3 Å². The third kappa shape index (κ3) is 3.42. The van der Waals surface area contributed by atoms with Crippen LogP contribution in [0.25, 0.3) is 11.0 Å². The Morgan fingerprint density at radius 1 is 1.28 bits per heavy atom. The molecular weight excluding hydrogens is 406 g/mol. The highest BCUT2D eigenvalue weighted by Crippen LogP contribution is 2.36. The zero-order chi connectivity index (χ0) is 22.1. The fourth-order valence-corrected chi connectivity index (χ4v) is 4.48. The van der Waals surface area contributed by atoms with Crippen molar-refractivity contribution in [1.82, 2.24) is 20.1 Å². The maximum absolute atomic E-state index is 13.1. The van der Waals surface area contributed by atoms with Crippen molar-refractivity contribution in [2.24, 2.45) is 0 Å². The van der Waals surface area contributed by atoms with Crippen LogP contribution in [0.2, 0.25) is 0 Å². The molecular formula is C24H25N5O3. The largest absolute Gasteiger partial charge is 0.464 e. The Bertz CT molecular complexity index is 1230. The lowest BCUT2D eigenvalue weighted by Crippen LogP contribution is -2.62. The number of β-amino-alcohol motifs (C(OH)–C–C–N with tert-alkyl or cyclic N) is 1. The Balaban J connectivity index is 1.46. The molecule has 2 N–H and O–H groups in total. The number of hydrogen-bond donors (Lipinski definition) is 2. The van der Waals surface area contributed by atoms with Crippen LogP contribution in [0.1, 0.15) is 29.3 Å². The van der Waals surface area contributed by atoms with E-state index in [0.717, 1.165) is 22.4 Å². The monoisotopic (exact) mass is 431 g/mol. The molecule has 1 amide bonds. The van der Waals surface area contributed by atoms with E-state index in [9.17, 15) is 9.90 Å². The maximum Gasteiger partial charge on any atom is 0.255 e. The van der Waals surface area contributed by atoms with Crippen molar-refractivity contribution in [3.63, 3.8) is 0 Å². The van der Waals surface area contributed by atoms with Gasteiger partial charge in [-0.15, -0.1) is 0 Å². The molecule has 8 heteroatoms. The summed E-state index contributed by atoms with van der Waals surface area (Å²) in [5, 5.41) is 19.7. The number of anilines is 1. The molecule has 0 spiro atoms. The summed E-state index contributed by atoms with van der Waals surface area (Å²) in [4.78, 5) is 19.7. The van der Waals surface area contributed by atoms with E-state index in [1.54, 1.807) is 29.5 Å². The fraction of sp³-hybridized carbons (Fsp3) is 0.292. The Kier molecular flexibility index (Phi) is 5.14. The molecule has 8 nitrogen and oxygen atoms in total. The zero-order valence-corrected chi connectivity index (χ0v) is 17.8. The molecule has 0 saturated carbocycles. The Morgan fingerprint density at radius 3 is 2.88 bits per heavy atom. The van der Waals surface area contributed by atoms with E-state index in [1.165, 1.54) is 0 Å². The van der Waals surface area contributed by atoms with E-state index in [2.05, 4.69) is 15.4 Å². The van der Waals surface area contributed by atoms with Crippen LogP contribution in [0.4, 0.5) is 5.82 Å². The lowest BCUT2D eigenvalue weighted by Gasteiger charge is -2.46. The summed E-state index contributed by atoms with van der Waals surface area (Å²) in [7, 11) is 0. The van der Waals surface area contributed by atoms with Gasteiger partial charge >= 0.3 is 0 Å². The van der Waals surface area contributed by atoms with Gasteiger partial charge in [0.25, 0.3) is 5.91 Å². The number of nitrogens with zero attached hydrogens (tertiary/aromatic N) is 4. The van der Waals surface area contributed by atoms with Crippen LogP contribution in [0.3, 0.4) is 0 Å². The summed E-state index contributed by atoms with van der Waals surface area (Å²) in [6.07, 6.45) is 6.29. The molecule has 4 aromatic rings. The average molecular weight is 431 g/mol. The van der Waals surface area contributed by atoms with Gasteiger partial charge in [0, 0.05) is 32.0 Å². The van der Waals surface area contributed by atoms with Crippen LogP contribution < -0.4 is 10.2 Å². The van der Waals surface area contributed by atoms with Crippen molar-refractivity contribution < 1.29 is 14.3 Å². The summed E-state index contributed by atoms with van der Waals surface area (Å²) >= 11 is 0. The summed E-state index contributed by atoms with van der Waals surface area (Å²) in [5.74, 6) is 0.517. The minimum absolute atomic E-state index is 0.254. The van der Waals surface area contributed by atoms with Gasteiger partial charge in [0.1, 0.15) is 11.4 Å². The van der Waals surface area contributed by atoms with Gasteiger partial charge in [0.2, 0.25) is 0 Å². The van der Waals surface area contributed by atoms with Crippen LogP contribution in [-0.2, 0) is 12.1 Å². The number of furan rings is 1. The van der Waals surface area contributed by atoms with Crippen LogP contribution in [0.5, 0.6) is 0 Å². The molecule has 2 atom stereocenters. The molecule has 1 aliphatic rings. The van der Waals surface area contributed by atoms with Crippen molar-refractivity contribution in [3.05, 3.63) is 78.4 Å². The van der Waals surface area contributed by atoms with Gasteiger partial charge in [-0.1, -0.05) is 30.3 Å². The molecule has 0 unspecified atom stereocenters. The highest BCUT2D eigenvalue weighted by atomic mass is 16.3. The molecule has 1 aliphatic heterocycles. The number of rotatable bonds is 5. The Labute approximate surface area is 185 Å². The first-order chi connectivity index (χ1) is 15.6. The van der Waals surface area contributed by atoms with Gasteiger partial charge in [-0.25, -0.2) is 4.98 Å². The van der Waals surface area contributed by atoms with Crippen molar-refractivity contribution in [3.8, 4) is 0 Å². The summed E-state index contributed by atoms with van der Waals surface area (Å²) in [6, 6.07) is 13.4. The van der Waals surface area contributed by atoms with Crippen LogP contribution in [0, 0.1) is 0 Å². The predicted octanol–water partition coefficient (Wildman–Crippen LogP) is 2.94. The molecule has 1 aromatic carbocycles. The van der Waals surface area contributed by atoms with Gasteiger partial charge in [0.15, 0.2) is 0 Å². The van der Waals surface area contributed by atoms with E-state index in [4.69, 9.17) is 4.42 Å². The fourth-order valence-electron chi connectivity index (χ4n) is 4.48. The molecule has 4 heterocycles. The quantitative estimate of drug-likeness (QED) is 0.504. The molecule has 0 bridgehead atoms. The third-order valence-electron chi connectivity index (χ3n) is 6.24. The first-order valence-electron chi connectivity index (χ1n) is 10.8. The number of carbonyl (C=O) groups is 1. The zero-order valence-electron chi connectivity index (χ0n) is 17.8. The number of benzene rings is 1. The number of piperidine rings is 1.